The molecular weight excluding hydrogens is 226 g/mol. The fraction of sp³-hybridized carbons (Fsp3) is 1.00. The Hall–Kier alpha value is 0.0300. The third-order valence-electron chi connectivity index (χ3n) is 2.58. The molecule has 0 aromatic carbocycles. The minimum Gasteiger partial charge on any atom is -0.760 e. The van der Waals surface area contributed by atoms with Crippen molar-refractivity contribution in [2.45, 2.75) is 46.0 Å². The van der Waals surface area contributed by atoms with Gasteiger partial charge in [0.1, 0.15) is 0 Å². The van der Waals surface area contributed by atoms with E-state index in [2.05, 4.69) is 18.6 Å². The van der Waals surface area contributed by atoms with Gasteiger partial charge in [0.25, 0.3) is 0 Å². The monoisotopic (exact) mass is 250 g/mol. The SMILES string of the molecule is CCCCC(CC)COCCCNS(=O)[O-]. The lowest BCUT2D eigenvalue weighted by atomic mass is 10.0. The Kier molecular flexibility index (Phi) is 11.5. The molecule has 1 N–H and O–H groups in total. The predicted molar refractivity (Wildman–Crippen MR) is 65.7 cm³/mol. The Balaban J connectivity index is 3.30. The highest BCUT2D eigenvalue weighted by atomic mass is 32.2. The van der Waals surface area contributed by atoms with Gasteiger partial charge in [-0.3, -0.25) is 4.21 Å². The zero-order valence-corrected chi connectivity index (χ0v) is 11.2. The molecule has 0 aliphatic heterocycles. The average molecular weight is 250 g/mol. The molecule has 2 atom stereocenters. The van der Waals surface area contributed by atoms with Gasteiger partial charge in [0, 0.05) is 31.0 Å². The maximum Gasteiger partial charge on any atom is 0.0494 e. The van der Waals surface area contributed by atoms with Gasteiger partial charge in [0.05, 0.1) is 0 Å². The Bertz CT molecular complexity index is 179. The normalized spacial score (nSPS) is 14.9. The van der Waals surface area contributed by atoms with E-state index in [1.54, 1.807) is 0 Å². The van der Waals surface area contributed by atoms with E-state index in [4.69, 9.17) is 4.74 Å². The second-order valence-corrected chi connectivity index (χ2v) is 4.73. The first-order valence-electron chi connectivity index (χ1n) is 6.11. The lowest BCUT2D eigenvalue weighted by Crippen LogP contribution is -2.19. The third kappa shape index (κ3) is 10.5. The van der Waals surface area contributed by atoms with Crippen molar-refractivity contribution >= 4 is 11.3 Å². The molecule has 16 heavy (non-hydrogen) atoms. The first-order valence-corrected chi connectivity index (χ1v) is 7.18. The van der Waals surface area contributed by atoms with Gasteiger partial charge in [0.2, 0.25) is 0 Å². The summed E-state index contributed by atoms with van der Waals surface area (Å²) >= 11 is -2.14. The predicted octanol–water partition coefficient (Wildman–Crippen LogP) is 1.99. The van der Waals surface area contributed by atoms with E-state index < -0.39 is 11.3 Å². The highest BCUT2D eigenvalue weighted by Gasteiger charge is 2.05. The van der Waals surface area contributed by atoms with Gasteiger partial charge in [-0.1, -0.05) is 33.1 Å². The van der Waals surface area contributed by atoms with Gasteiger partial charge >= 0.3 is 0 Å². The molecule has 0 fully saturated rings. The quantitative estimate of drug-likeness (QED) is 0.450. The number of unbranched alkanes of at least 4 members (excludes halogenated alkanes) is 1. The molecular formula is C11H24NO3S-. The molecule has 0 saturated heterocycles. The molecule has 0 heterocycles. The van der Waals surface area contributed by atoms with Crippen LogP contribution in [0.3, 0.4) is 0 Å². The van der Waals surface area contributed by atoms with Crippen molar-refractivity contribution in [2.24, 2.45) is 5.92 Å². The topological polar surface area (TPSA) is 61.4 Å². The van der Waals surface area contributed by atoms with E-state index >= 15 is 0 Å². The van der Waals surface area contributed by atoms with E-state index in [1.165, 1.54) is 19.3 Å². The van der Waals surface area contributed by atoms with Gasteiger partial charge in [-0.15, -0.1) is 0 Å². The lowest BCUT2D eigenvalue weighted by Gasteiger charge is -2.14. The fourth-order valence-corrected chi connectivity index (χ4v) is 1.79. The molecule has 0 spiro atoms. The molecule has 5 heteroatoms. The second-order valence-electron chi connectivity index (χ2n) is 3.97. The minimum atomic E-state index is -2.14. The van der Waals surface area contributed by atoms with Gasteiger partial charge in [-0.05, 0) is 18.8 Å². The Morgan fingerprint density at radius 3 is 2.69 bits per heavy atom. The molecule has 0 radical (unpaired) electrons. The van der Waals surface area contributed by atoms with Crippen molar-refractivity contribution in [3.8, 4) is 0 Å². The molecule has 0 aromatic heterocycles. The standard InChI is InChI=1S/C11H25NO3S/c1-3-5-7-11(4-2)10-15-9-6-8-12-16(13)14/h11-12H,3-10H2,1-2H3,(H,13,14)/p-1. The summed E-state index contributed by atoms with van der Waals surface area (Å²) < 4.78 is 28.1. The van der Waals surface area contributed by atoms with Crippen LogP contribution in [0.15, 0.2) is 0 Å². The Morgan fingerprint density at radius 2 is 2.12 bits per heavy atom. The van der Waals surface area contributed by atoms with E-state index in [0.717, 1.165) is 19.4 Å². The van der Waals surface area contributed by atoms with Crippen LogP contribution in [0.4, 0.5) is 0 Å². The maximum atomic E-state index is 10.2. The first kappa shape index (κ1) is 16.0. The Labute approximate surface area is 102 Å². The van der Waals surface area contributed by atoms with E-state index in [0.29, 0.717) is 19.1 Å². The highest BCUT2D eigenvalue weighted by molar-refractivity contribution is 7.77. The van der Waals surface area contributed by atoms with Crippen LogP contribution in [0.25, 0.3) is 0 Å². The highest BCUT2D eigenvalue weighted by Crippen LogP contribution is 2.12. The van der Waals surface area contributed by atoms with Crippen LogP contribution in [0.5, 0.6) is 0 Å². The zero-order valence-electron chi connectivity index (χ0n) is 10.4. The zero-order chi connectivity index (χ0) is 12.2. The van der Waals surface area contributed by atoms with Crippen molar-refractivity contribution in [3.05, 3.63) is 0 Å². The molecule has 4 nitrogen and oxygen atoms in total. The van der Waals surface area contributed by atoms with Crippen molar-refractivity contribution in [1.29, 1.82) is 0 Å². The number of hydrogen-bond acceptors (Lipinski definition) is 3. The molecule has 0 aliphatic carbocycles. The van der Waals surface area contributed by atoms with Crippen LogP contribution in [0.1, 0.15) is 46.0 Å². The summed E-state index contributed by atoms with van der Waals surface area (Å²) in [6.45, 7) is 6.28. The molecule has 98 valence electrons. The van der Waals surface area contributed by atoms with Crippen LogP contribution in [-0.2, 0) is 16.0 Å². The molecule has 0 rings (SSSR count). The minimum absolute atomic E-state index is 0.460. The maximum absolute atomic E-state index is 10.2. The van der Waals surface area contributed by atoms with E-state index in [1.807, 2.05) is 0 Å². The largest absolute Gasteiger partial charge is 0.760 e. The summed E-state index contributed by atoms with van der Waals surface area (Å²) in [6.07, 6.45) is 5.62. The second kappa shape index (κ2) is 11.5. The molecule has 0 saturated carbocycles. The average Bonchev–Trinajstić information content (AvgIpc) is 2.26. The summed E-state index contributed by atoms with van der Waals surface area (Å²) in [5.74, 6) is 0.654. The third-order valence-corrected chi connectivity index (χ3v) is 3.02. The van der Waals surface area contributed by atoms with Crippen molar-refractivity contribution in [2.75, 3.05) is 19.8 Å². The molecule has 0 amide bonds. The summed E-state index contributed by atoms with van der Waals surface area (Å²) in [5.41, 5.74) is 0. The summed E-state index contributed by atoms with van der Waals surface area (Å²) in [5, 5.41) is 0. The van der Waals surface area contributed by atoms with Crippen molar-refractivity contribution in [3.63, 3.8) is 0 Å². The van der Waals surface area contributed by atoms with E-state index in [9.17, 15) is 8.76 Å². The van der Waals surface area contributed by atoms with Crippen LogP contribution in [0, 0.1) is 5.92 Å². The number of rotatable bonds is 11. The number of nitrogens with one attached hydrogen (secondary N) is 1. The van der Waals surface area contributed by atoms with Gasteiger partial charge < -0.3 is 9.29 Å². The lowest BCUT2D eigenvalue weighted by molar-refractivity contribution is 0.0928. The van der Waals surface area contributed by atoms with E-state index in [-0.39, 0.29) is 0 Å². The van der Waals surface area contributed by atoms with Crippen LogP contribution < -0.4 is 4.72 Å². The molecule has 0 bridgehead atoms. The molecule has 0 aromatic rings. The number of hydrogen-bond donors (Lipinski definition) is 1. The molecule has 0 aliphatic rings. The van der Waals surface area contributed by atoms with Crippen molar-refractivity contribution in [1.82, 2.24) is 4.72 Å². The Morgan fingerprint density at radius 1 is 1.38 bits per heavy atom. The van der Waals surface area contributed by atoms with Crippen LogP contribution in [-0.4, -0.2) is 28.5 Å². The number of ether oxygens (including phenoxy) is 1. The summed E-state index contributed by atoms with van der Waals surface area (Å²) in [7, 11) is 0. The van der Waals surface area contributed by atoms with Gasteiger partial charge in [-0.25, -0.2) is 4.72 Å². The van der Waals surface area contributed by atoms with Crippen molar-refractivity contribution < 1.29 is 13.5 Å². The molecule has 2 unspecified atom stereocenters. The fourth-order valence-electron chi connectivity index (χ4n) is 1.48. The van der Waals surface area contributed by atoms with Gasteiger partial charge in [0.15, 0.2) is 0 Å². The summed E-state index contributed by atoms with van der Waals surface area (Å²) in [6, 6.07) is 0. The van der Waals surface area contributed by atoms with Crippen LogP contribution >= 0.6 is 0 Å². The summed E-state index contributed by atoms with van der Waals surface area (Å²) in [4.78, 5) is 0. The first-order chi connectivity index (χ1) is 7.70. The van der Waals surface area contributed by atoms with Crippen LogP contribution in [0.2, 0.25) is 0 Å². The van der Waals surface area contributed by atoms with Gasteiger partial charge in [-0.2, -0.15) is 0 Å². The smallest absolute Gasteiger partial charge is 0.0494 e.